The topological polar surface area (TPSA) is 35.5 Å². The molecule has 1 aliphatic heterocycles. The zero-order chi connectivity index (χ0) is 14.1. The van der Waals surface area contributed by atoms with Crippen LogP contribution < -0.4 is 9.47 Å². The fourth-order valence-electron chi connectivity index (χ4n) is 2.13. The van der Waals surface area contributed by atoms with Crippen LogP contribution in [0, 0.1) is 12.8 Å². The van der Waals surface area contributed by atoms with Crippen LogP contribution in [0.5, 0.6) is 11.5 Å². The first-order valence-electron chi connectivity index (χ1n) is 6.63. The average Bonchev–Trinajstić information content (AvgIpc) is 2.79. The molecular formula is C16H16O3S. The van der Waals surface area contributed by atoms with Crippen LogP contribution in [0.1, 0.15) is 27.7 Å². The lowest BCUT2D eigenvalue weighted by atomic mass is 10.1. The van der Waals surface area contributed by atoms with Crippen LogP contribution in [-0.4, -0.2) is 19.0 Å². The van der Waals surface area contributed by atoms with Crippen molar-refractivity contribution in [3.63, 3.8) is 0 Å². The molecule has 0 amide bonds. The Labute approximate surface area is 122 Å². The number of benzene rings is 1. The third kappa shape index (κ3) is 2.43. The van der Waals surface area contributed by atoms with Crippen molar-refractivity contribution in [2.75, 3.05) is 13.2 Å². The number of ketones is 1. The van der Waals surface area contributed by atoms with Crippen LogP contribution in [0.15, 0.2) is 29.6 Å². The highest BCUT2D eigenvalue weighted by Gasteiger charge is 2.19. The first kappa shape index (κ1) is 13.2. The fraction of sp³-hybridized carbons (Fsp3) is 0.312. The summed E-state index contributed by atoms with van der Waals surface area (Å²) in [6.07, 6.45) is 0. The molecule has 4 heteroatoms. The van der Waals surface area contributed by atoms with Gasteiger partial charge in [0.15, 0.2) is 11.5 Å². The van der Waals surface area contributed by atoms with E-state index in [2.05, 4.69) is 6.92 Å². The van der Waals surface area contributed by atoms with Gasteiger partial charge in [-0.15, -0.1) is 11.3 Å². The molecule has 0 saturated heterocycles. The maximum Gasteiger partial charge on any atom is 0.203 e. The minimum atomic E-state index is 0.0428. The van der Waals surface area contributed by atoms with Crippen LogP contribution in [0.25, 0.3) is 0 Å². The summed E-state index contributed by atoms with van der Waals surface area (Å²) in [5.41, 5.74) is 1.66. The molecule has 0 fully saturated rings. The Balaban J connectivity index is 1.93. The second-order valence-corrected chi connectivity index (χ2v) is 6.07. The highest BCUT2D eigenvalue weighted by atomic mass is 32.1. The fourth-order valence-corrected chi connectivity index (χ4v) is 3.02. The van der Waals surface area contributed by atoms with Crippen molar-refractivity contribution in [2.24, 2.45) is 5.92 Å². The number of thiophene rings is 1. The van der Waals surface area contributed by atoms with E-state index in [1.807, 2.05) is 24.4 Å². The normalized spacial score (nSPS) is 17.6. The molecule has 0 radical (unpaired) electrons. The molecule has 0 N–H and O–H groups in total. The quantitative estimate of drug-likeness (QED) is 0.791. The molecule has 1 aromatic carbocycles. The van der Waals surface area contributed by atoms with E-state index in [1.165, 1.54) is 11.3 Å². The van der Waals surface area contributed by atoms with E-state index in [-0.39, 0.29) is 5.78 Å². The van der Waals surface area contributed by atoms with Crippen LogP contribution in [0.2, 0.25) is 0 Å². The second-order valence-electron chi connectivity index (χ2n) is 5.15. The van der Waals surface area contributed by atoms with Crippen molar-refractivity contribution < 1.29 is 14.3 Å². The standard InChI is InChI=1S/C16H16O3S/c1-10-8-18-13-4-3-12(7-14(13)19-9-10)15(17)16-11(2)5-6-20-16/h3-7,10H,8-9H2,1-2H3. The molecule has 2 aromatic rings. The predicted octanol–water partition coefficient (Wildman–Crippen LogP) is 3.69. The third-order valence-electron chi connectivity index (χ3n) is 3.32. The lowest BCUT2D eigenvalue weighted by Gasteiger charge is -2.08. The molecule has 104 valence electrons. The lowest BCUT2D eigenvalue weighted by molar-refractivity contribution is 0.104. The Hall–Kier alpha value is -1.81. The van der Waals surface area contributed by atoms with E-state index in [9.17, 15) is 4.79 Å². The lowest BCUT2D eigenvalue weighted by Crippen LogP contribution is -2.12. The zero-order valence-corrected chi connectivity index (χ0v) is 12.3. The summed E-state index contributed by atoms with van der Waals surface area (Å²) >= 11 is 1.47. The minimum Gasteiger partial charge on any atom is -0.489 e. The Morgan fingerprint density at radius 1 is 1.20 bits per heavy atom. The molecule has 0 saturated carbocycles. The number of carbonyl (C=O) groups is 1. The molecule has 20 heavy (non-hydrogen) atoms. The Kier molecular flexibility index (Phi) is 3.49. The highest BCUT2D eigenvalue weighted by Crippen LogP contribution is 2.32. The molecule has 1 atom stereocenters. The molecule has 1 aromatic heterocycles. The molecule has 3 nitrogen and oxygen atoms in total. The number of aryl methyl sites for hydroxylation is 1. The van der Waals surface area contributed by atoms with Crippen molar-refractivity contribution >= 4 is 17.1 Å². The first-order valence-corrected chi connectivity index (χ1v) is 7.51. The van der Waals surface area contributed by atoms with Gasteiger partial charge in [0.2, 0.25) is 5.78 Å². The van der Waals surface area contributed by atoms with Gasteiger partial charge < -0.3 is 9.47 Å². The molecule has 0 aliphatic carbocycles. The van der Waals surface area contributed by atoms with Crippen molar-refractivity contribution in [1.82, 2.24) is 0 Å². The zero-order valence-electron chi connectivity index (χ0n) is 11.5. The SMILES string of the molecule is Cc1ccsc1C(=O)c1ccc2c(c1)OCC(C)CO2. The van der Waals surface area contributed by atoms with E-state index in [4.69, 9.17) is 9.47 Å². The van der Waals surface area contributed by atoms with Gasteiger partial charge in [-0.2, -0.15) is 0 Å². The second kappa shape index (κ2) is 5.29. The Morgan fingerprint density at radius 3 is 2.65 bits per heavy atom. The predicted molar refractivity (Wildman–Crippen MR) is 79.1 cm³/mol. The maximum atomic E-state index is 12.5. The number of fused-ring (bicyclic) bond motifs is 1. The molecule has 0 bridgehead atoms. The summed E-state index contributed by atoms with van der Waals surface area (Å²) in [6, 6.07) is 7.38. The number of hydrogen-bond donors (Lipinski definition) is 0. The van der Waals surface area contributed by atoms with E-state index in [1.54, 1.807) is 12.1 Å². The Morgan fingerprint density at radius 2 is 1.95 bits per heavy atom. The monoisotopic (exact) mass is 288 g/mol. The van der Waals surface area contributed by atoms with Gasteiger partial charge in [0, 0.05) is 11.5 Å². The Bertz CT molecular complexity index is 645. The van der Waals surface area contributed by atoms with E-state index in [0.717, 1.165) is 10.4 Å². The summed E-state index contributed by atoms with van der Waals surface area (Å²) in [5.74, 6) is 1.77. The third-order valence-corrected chi connectivity index (χ3v) is 4.34. The van der Waals surface area contributed by atoms with E-state index >= 15 is 0 Å². The number of ether oxygens (including phenoxy) is 2. The van der Waals surface area contributed by atoms with Crippen LogP contribution in [-0.2, 0) is 0 Å². The van der Waals surface area contributed by atoms with Crippen molar-refractivity contribution in [2.45, 2.75) is 13.8 Å². The van der Waals surface area contributed by atoms with Gasteiger partial charge in [0.25, 0.3) is 0 Å². The number of carbonyl (C=O) groups excluding carboxylic acids is 1. The summed E-state index contributed by atoms with van der Waals surface area (Å²) in [6.45, 7) is 5.29. The summed E-state index contributed by atoms with van der Waals surface area (Å²) < 4.78 is 11.4. The summed E-state index contributed by atoms with van der Waals surface area (Å²) in [5, 5.41) is 1.94. The molecule has 3 rings (SSSR count). The van der Waals surface area contributed by atoms with Gasteiger partial charge in [-0.3, -0.25) is 4.79 Å². The number of hydrogen-bond acceptors (Lipinski definition) is 4. The molecule has 2 heterocycles. The summed E-state index contributed by atoms with van der Waals surface area (Å²) in [7, 11) is 0. The van der Waals surface area contributed by atoms with Gasteiger partial charge in [-0.05, 0) is 42.1 Å². The van der Waals surface area contributed by atoms with Crippen LogP contribution in [0.4, 0.5) is 0 Å². The van der Waals surface area contributed by atoms with Gasteiger partial charge >= 0.3 is 0 Å². The highest BCUT2D eigenvalue weighted by molar-refractivity contribution is 7.12. The minimum absolute atomic E-state index is 0.0428. The van der Waals surface area contributed by atoms with Crippen molar-refractivity contribution in [1.29, 1.82) is 0 Å². The van der Waals surface area contributed by atoms with E-state index in [0.29, 0.717) is 36.2 Å². The smallest absolute Gasteiger partial charge is 0.203 e. The molecule has 0 spiro atoms. The van der Waals surface area contributed by atoms with Crippen molar-refractivity contribution in [3.8, 4) is 11.5 Å². The molecular weight excluding hydrogens is 272 g/mol. The summed E-state index contributed by atoms with van der Waals surface area (Å²) in [4.78, 5) is 13.3. The average molecular weight is 288 g/mol. The van der Waals surface area contributed by atoms with Gasteiger partial charge in [-0.25, -0.2) is 0 Å². The first-order chi connectivity index (χ1) is 9.65. The van der Waals surface area contributed by atoms with Crippen molar-refractivity contribution in [3.05, 3.63) is 45.6 Å². The van der Waals surface area contributed by atoms with Gasteiger partial charge in [0.05, 0.1) is 18.1 Å². The number of rotatable bonds is 2. The van der Waals surface area contributed by atoms with Gasteiger partial charge in [0.1, 0.15) is 0 Å². The molecule has 1 unspecified atom stereocenters. The maximum absolute atomic E-state index is 12.5. The van der Waals surface area contributed by atoms with E-state index < -0.39 is 0 Å². The van der Waals surface area contributed by atoms with Gasteiger partial charge in [-0.1, -0.05) is 6.92 Å². The molecule has 1 aliphatic rings. The largest absolute Gasteiger partial charge is 0.489 e. The van der Waals surface area contributed by atoms with Crippen LogP contribution >= 0.6 is 11.3 Å². The van der Waals surface area contributed by atoms with Crippen LogP contribution in [0.3, 0.4) is 0 Å².